The van der Waals surface area contributed by atoms with Crippen LogP contribution in [0, 0.1) is 0 Å². The Labute approximate surface area is 162 Å². The third-order valence-electron chi connectivity index (χ3n) is 4.96. The minimum atomic E-state index is 0.793. The van der Waals surface area contributed by atoms with Gasteiger partial charge in [-0.05, 0) is 48.0 Å². The molecule has 2 aromatic carbocycles. The molecule has 5 nitrogen and oxygen atoms in total. The molecule has 5 heteroatoms. The first-order chi connectivity index (χ1) is 13.7. The van der Waals surface area contributed by atoms with E-state index >= 15 is 0 Å². The number of nitrogens with zero attached hydrogens (tertiary/aromatic N) is 5. The van der Waals surface area contributed by atoms with Crippen LogP contribution in [0.5, 0.6) is 0 Å². The third kappa shape index (κ3) is 2.60. The summed E-state index contributed by atoms with van der Waals surface area (Å²) in [5.41, 5.74) is 5.98. The molecule has 28 heavy (non-hydrogen) atoms. The largest absolute Gasteiger partial charge is 0.378 e. The summed E-state index contributed by atoms with van der Waals surface area (Å²) in [6.07, 6.45) is 1.81. The van der Waals surface area contributed by atoms with Crippen LogP contribution in [0.1, 0.15) is 0 Å². The second-order valence-electron chi connectivity index (χ2n) is 6.96. The van der Waals surface area contributed by atoms with Crippen molar-refractivity contribution in [3.63, 3.8) is 0 Å². The fraction of sp³-hybridized carbons (Fsp3) is 0.0870. The number of anilines is 1. The van der Waals surface area contributed by atoms with Crippen LogP contribution in [-0.2, 0) is 0 Å². The number of fused-ring (bicyclic) bond motifs is 3. The van der Waals surface area contributed by atoms with E-state index in [-0.39, 0.29) is 0 Å². The molecule has 0 saturated heterocycles. The topological polar surface area (TPSA) is 46.3 Å². The molecule has 0 amide bonds. The van der Waals surface area contributed by atoms with Gasteiger partial charge in [0.2, 0.25) is 0 Å². The predicted molar refractivity (Wildman–Crippen MR) is 113 cm³/mol. The van der Waals surface area contributed by atoms with Crippen LogP contribution < -0.4 is 4.90 Å². The van der Waals surface area contributed by atoms with Gasteiger partial charge in [-0.25, -0.2) is 4.98 Å². The van der Waals surface area contributed by atoms with E-state index in [1.807, 2.05) is 44.6 Å². The maximum Gasteiger partial charge on any atom is 0.170 e. The van der Waals surface area contributed by atoms with Crippen molar-refractivity contribution in [3.05, 3.63) is 79.0 Å². The van der Waals surface area contributed by atoms with E-state index in [0.29, 0.717) is 0 Å². The number of pyridine rings is 2. The van der Waals surface area contributed by atoms with Crippen LogP contribution in [-0.4, -0.2) is 33.7 Å². The molecule has 0 bridgehead atoms. The second kappa shape index (κ2) is 6.46. The highest BCUT2D eigenvalue weighted by Gasteiger charge is 2.16. The zero-order chi connectivity index (χ0) is 19.1. The molecule has 5 aromatic rings. The van der Waals surface area contributed by atoms with Crippen molar-refractivity contribution in [1.82, 2.24) is 19.6 Å². The molecular formula is C23H19N5. The SMILES string of the molecule is CN(C)c1ccc(-c2nnc3c(-c4ccccc4)cc4cccnc4n23)cc1. The Kier molecular flexibility index (Phi) is 3.79. The first-order valence-corrected chi connectivity index (χ1v) is 9.18. The summed E-state index contributed by atoms with van der Waals surface area (Å²) in [6.45, 7) is 0. The van der Waals surface area contributed by atoms with E-state index in [4.69, 9.17) is 0 Å². The van der Waals surface area contributed by atoms with Crippen molar-refractivity contribution >= 4 is 22.4 Å². The summed E-state index contributed by atoms with van der Waals surface area (Å²) in [7, 11) is 4.07. The van der Waals surface area contributed by atoms with Gasteiger partial charge in [-0.2, -0.15) is 0 Å². The molecule has 0 fully saturated rings. The first-order valence-electron chi connectivity index (χ1n) is 9.18. The maximum absolute atomic E-state index is 4.62. The quantitative estimate of drug-likeness (QED) is 0.466. The fourth-order valence-corrected chi connectivity index (χ4v) is 3.51. The number of hydrogen-bond donors (Lipinski definition) is 0. The average molecular weight is 365 g/mol. The molecule has 0 N–H and O–H groups in total. The summed E-state index contributed by atoms with van der Waals surface area (Å²) in [4.78, 5) is 6.70. The van der Waals surface area contributed by atoms with Gasteiger partial charge in [-0.1, -0.05) is 30.3 Å². The number of rotatable bonds is 3. The number of benzene rings is 2. The Balaban J connectivity index is 1.81. The average Bonchev–Trinajstić information content (AvgIpc) is 3.19. The molecule has 0 saturated carbocycles. The van der Waals surface area contributed by atoms with E-state index in [0.717, 1.165) is 44.9 Å². The van der Waals surface area contributed by atoms with Crippen molar-refractivity contribution in [3.8, 4) is 22.5 Å². The minimum Gasteiger partial charge on any atom is -0.378 e. The first kappa shape index (κ1) is 16.4. The lowest BCUT2D eigenvalue weighted by Crippen LogP contribution is -2.08. The van der Waals surface area contributed by atoms with E-state index in [9.17, 15) is 0 Å². The molecule has 0 spiro atoms. The van der Waals surface area contributed by atoms with E-state index in [1.54, 1.807) is 0 Å². The summed E-state index contributed by atoms with van der Waals surface area (Å²) in [5, 5.41) is 10.1. The van der Waals surface area contributed by atoms with Gasteiger partial charge in [-0.3, -0.25) is 4.40 Å². The summed E-state index contributed by atoms with van der Waals surface area (Å²) < 4.78 is 2.06. The summed E-state index contributed by atoms with van der Waals surface area (Å²) >= 11 is 0. The lowest BCUT2D eigenvalue weighted by molar-refractivity contribution is 1.11. The Morgan fingerprint density at radius 1 is 0.750 bits per heavy atom. The lowest BCUT2D eigenvalue weighted by Gasteiger charge is -2.12. The Bertz CT molecular complexity index is 1270. The molecule has 0 atom stereocenters. The van der Waals surface area contributed by atoms with Crippen LogP contribution in [0.15, 0.2) is 79.0 Å². The van der Waals surface area contributed by atoms with E-state index in [1.165, 1.54) is 0 Å². The standard InChI is InChI=1S/C23H19N5/c1-27(2)19-12-10-17(11-13-19)22-25-26-23-20(16-7-4-3-5-8-16)15-18-9-6-14-24-21(18)28(22)23/h3-15H,1-2H3. The Morgan fingerprint density at radius 3 is 2.29 bits per heavy atom. The highest BCUT2D eigenvalue weighted by atomic mass is 15.3. The zero-order valence-corrected chi connectivity index (χ0v) is 15.7. The lowest BCUT2D eigenvalue weighted by atomic mass is 10.1. The van der Waals surface area contributed by atoms with Crippen molar-refractivity contribution in [1.29, 1.82) is 0 Å². The minimum absolute atomic E-state index is 0.793. The predicted octanol–water partition coefficient (Wildman–Crippen LogP) is 4.68. The maximum atomic E-state index is 4.62. The Hall–Kier alpha value is -3.73. The van der Waals surface area contributed by atoms with Gasteiger partial charge >= 0.3 is 0 Å². The van der Waals surface area contributed by atoms with E-state index in [2.05, 4.69) is 73.0 Å². The van der Waals surface area contributed by atoms with Crippen molar-refractivity contribution in [2.24, 2.45) is 0 Å². The monoisotopic (exact) mass is 365 g/mol. The van der Waals surface area contributed by atoms with Gasteiger partial charge in [0.25, 0.3) is 0 Å². The van der Waals surface area contributed by atoms with Crippen LogP contribution in [0.25, 0.3) is 39.2 Å². The number of aromatic nitrogens is 4. The van der Waals surface area contributed by atoms with Gasteiger partial charge in [0, 0.05) is 42.5 Å². The van der Waals surface area contributed by atoms with Crippen LogP contribution in [0.2, 0.25) is 0 Å². The fourth-order valence-electron chi connectivity index (χ4n) is 3.51. The second-order valence-corrected chi connectivity index (χ2v) is 6.96. The van der Waals surface area contributed by atoms with Crippen LogP contribution in [0.4, 0.5) is 5.69 Å². The normalized spacial score (nSPS) is 11.2. The highest BCUT2D eigenvalue weighted by molar-refractivity contribution is 5.91. The molecule has 5 rings (SSSR count). The van der Waals surface area contributed by atoms with Gasteiger partial charge in [0.05, 0.1) is 0 Å². The molecule has 3 aromatic heterocycles. The van der Waals surface area contributed by atoms with Crippen LogP contribution >= 0.6 is 0 Å². The molecule has 0 radical (unpaired) electrons. The Morgan fingerprint density at radius 2 is 1.54 bits per heavy atom. The smallest absolute Gasteiger partial charge is 0.170 e. The summed E-state index contributed by atoms with van der Waals surface area (Å²) in [6, 6.07) is 24.8. The molecular weight excluding hydrogens is 346 g/mol. The molecule has 0 aliphatic heterocycles. The molecule has 0 aliphatic carbocycles. The van der Waals surface area contributed by atoms with Crippen molar-refractivity contribution in [2.75, 3.05) is 19.0 Å². The third-order valence-corrected chi connectivity index (χ3v) is 4.96. The molecule has 0 unspecified atom stereocenters. The highest BCUT2D eigenvalue weighted by Crippen LogP contribution is 2.31. The van der Waals surface area contributed by atoms with Gasteiger partial charge < -0.3 is 4.90 Å². The van der Waals surface area contributed by atoms with Crippen LogP contribution in [0.3, 0.4) is 0 Å². The number of hydrogen-bond acceptors (Lipinski definition) is 4. The molecule has 0 aliphatic rings. The molecule has 136 valence electrons. The van der Waals surface area contributed by atoms with Gasteiger partial charge in [0.15, 0.2) is 11.5 Å². The van der Waals surface area contributed by atoms with E-state index < -0.39 is 0 Å². The molecule has 3 heterocycles. The van der Waals surface area contributed by atoms with Crippen molar-refractivity contribution in [2.45, 2.75) is 0 Å². The van der Waals surface area contributed by atoms with Gasteiger partial charge in [0.1, 0.15) is 5.65 Å². The zero-order valence-electron chi connectivity index (χ0n) is 15.7. The van der Waals surface area contributed by atoms with Crippen molar-refractivity contribution < 1.29 is 0 Å². The van der Waals surface area contributed by atoms with Gasteiger partial charge in [-0.15, -0.1) is 10.2 Å². The summed E-state index contributed by atoms with van der Waals surface area (Å²) in [5.74, 6) is 0.793.